The Balaban J connectivity index is 3.33. The zero-order valence-electron chi connectivity index (χ0n) is 6.26. The lowest BCUT2D eigenvalue weighted by Gasteiger charge is -2.06. The molecule has 0 bridgehead atoms. The van der Waals surface area contributed by atoms with E-state index in [0.717, 1.165) is 5.75 Å². The van der Waals surface area contributed by atoms with Gasteiger partial charge in [-0.2, -0.15) is 11.8 Å². The molecule has 10 heavy (non-hydrogen) atoms. The van der Waals surface area contributed by atoms with Crippen molar-refractivity contribution >= 4 is 17.6 Å². The third-order valence-corrected chi connectivity index (χ3v) is 2.17. The fourth-order valence-corrected chi connectivity index (χ4v) is 1.36. The first-order chi connectivity index (χ1) is 4.66. The predicted octanol–water partition coefficient (Wildman–Crippen LogP) is 1.62. The third kappa shape index (κ3) is 5.69. The minimum absolute atomic E-state index is 0.268. The fraction of sp³-hybridized carbons (Fsp3) is 0.571. The molecule has 0 saturated heterocycles. The molecule has 58 valence electrons. The topological polar surface area (TPSA) is 49.9 Å². The van der Waals surface area contributed by atoms with Crippen molar-refractivity contribution in [2.45, 2.75) is 18.6 Å². The number of hydrogen-bond acceptors (Lipinski definition) is 2. The van der Waals surface area contributed by atoms with Gasteiger partial charge in [-0.3, -0.25) is 5.41 Å². The van der Waals surface area contributed by atoms with Crippen molar-refractivity contribution < 1.29 is 0 Å². The van der Waals surface area contributed by atoms with Crippen molar-refractivity contribution in [2.24, 2.45) is 5.73 Å². The van der Waals surface area contributed by atoms with Crippen LogP contribution in [-0.4, -0.2) is 16.8 Å². The SMILES string of the molecule is C=CCSC(C)CC(=N)N. The lowest BCUT2D eigenvalue weighted by Crippen LogP contribution is -2.15. The molecule has 1 atom stereocenters. The number of nitrogens with one attached hydrogen (secondary N) is 1. The van der Waals surface area contributed by atoms with E-state index in [4.69, 9.17) is 11.1 Å². The maximum absolute atomic E-state index is 7.00. The summed E-state index contributed by atoms with van der Waals surface area (Å²) in [7, 11) is 0. The van der Waals surface area contributed by atoms with Gasteiger partial charge in [-0.15, -0.1) is 6.58 Å². The Kier molecular flexibility index (Phi) is 5.12. The largest absolute Gasteiger partial charge is 0.388 e. The van der Waals surface area contributed by atoms with Crippen molar-refractivity contribution in [1.82, 2.24) is 0 Å². The highest BCUT2D eigenvalue weighted by Gasteiger charge is 2.01. The molecule has 0 aromatic rings. The van der Waals surface area contributed by atoms with Crippen LogP contribution in [-0.2, 0) is 0 Å². The van der Waals surface area contributed by atoms with Gasteiger partial charge in [0.25, 0.3) is 0 Å². The van der Waals surface area contributed by atoms with Gasteiger partial charge in [0.05, 0.1) is 5.84 Å². The number of rotatable bonds is 5. The monoisotopic (exact) mass is 158 g/mol. The van der Waals surface area contributed by atoms with Crippen molar-refractivity contribution in [3.05, 3.63) is 12.7 Å². The summed E-state index contributed by atoms with van der Waals surface area (Å²) in [5.41, 5.74) is 5.21. The summed E-state index contributed by atoms with van der Waals surface area (Å²) in [5.74, 6) is 1.21. The molecule has 0 aromatic heterocycles. The van der Waals surface area contributed by atoms with E-state index in [-0.39, 0.29) is 5.84 Å². The van der Waals surface area contributed by atoms with Crippen LogP contribution >= 0.6 is 11.8 Å². The zero-order chi connectivity index (χ0) is 7.98. The molecule has 0 aromatic carbocycles. The van der Waals surface area contributed by atoms with E-state index in [1.165, 1.54) is 0 Å². The normalized spacial score (nSPS) is 12.5. The summed E-state index contributed by atoms with van der Waals surface area (Å²) in [6.45, 7) is 5.67. The Labute approximate surface area is 66.4 Å². The van der Waals surface area contributed by atoms with Gasteiger partial charge >= 0.3 is 0 Å². The minimum Gasteiger partial charge on any atom is -0.388 e. The highest BCUT2D eigenvalue weighted by molar-refractivity contribution is 8.00. The van der Waals surface area contributed by atoms with Crippen LogP contribution in [0.4, 0.5) is 0 Å². The van der Waals surface area contributed by atoms with Crippen LogP contribution < -0.4 is 5.73 Å². The first-order valence-corrected chi connectivity index (χ1v) is 4.27. The van der Waals surface area contributed by atoms with Crippen LogP contribution in [0.5, 0.6) is 0 Å². The summed E-state index contributed by atoms with van der Waals surface area (Å²) in [6, 6.07) is 0. The molecule has 0 amide bonds. The minimum atomic E-state index is 0.268. The standard InChI is InChI=1S/C7H14N2S/c1-3-4-10-6(2)5-7(8)9/h3,6H,1,4-5H2,2H3,(H3,8,9). The molecule has 0 saturated carbocycles. The third-order valence-electron chi connectivity index (χ3n) is 1.01. The Morgan fingerprint density at radius 2 is 2.50 bits per heavy atom. The highest BCUT2D eigenvalue weighted by Crippen LogP contribution is 2.12. The fourth-order valence-electron chi connectivity index (χ4n) is 0.601. The second kappa shape index (κ2) is 5.35. The molecule has 3 heteroatoms. The average molecular weight is 158 g/mol. The molecular weight excluding hydrogens is 144 g/mol. The smallest absolute Gasteiger partial charge is 0.0916 e. The van der Waals surface area contributed by atoms with E-state index in [1.54, 1.807) is 11.8 Å². The van der Waals surface area contributed by atoms with E-state index in [2.05, 4.69) is 13.5 Å². The van der Waals surface area contributed by atoms with E-state index >= 15 is 0 Å². The maximum Gasteiger partial charge on any atom is 0.0916 e. The molecule has 0 rings (SSSR count). The van der Waals surface area contributed by atoms with Gasteiger partial charge in [-0.05, 0) is 0 Å². The van der Waals surface area contributed by atoms with Crippen molar-refractivity contribution in [3.8, 4) is 0 Å². The van der Waals surface area contributed by atoms with Crippen LogP contribution in [0.2, 0.25) is 0 Å². The van der Waals surface area contributed by atoms with E-state index in [0.29, 0.717) is 11.7 Å². The quantitative estimate of drug-likeness (QED) is 0.363. The maximum atomic E-state index is 7.00. The average Bonchev–Trinajstić information content (AvgIpc) is 1.82. The van der Waals surface area contributed by atoms with Gasteiger partial charge in [-0.25, -0.2) is 0 Å². The van der Waals surface area contributed by atoms with Gasteiger partial charge in [0.15, 0.2) is 0 Å². The molecule has 0 spiro atoms. The van der Waals surface area contributed by atoms with Crippen LogP contribution in [0.1, 0.15) is 13.3 Å². The lowest BCUT2D eigenvalue weighted by molar-refractivity contribution is 0.999. The first kappa shape index (κ1) is 9.56. The molecule has 0 aliphatic carbocycles. The molecule has 0 heterocycles. The first-order valence-electron chi connectivity index (χ1n) is 3.22. The second-order valence-corrected chi connectivity index (χ2v) is 3.63. The Hall–Kier alpha value is -0.440. The zero-order valence-corrected chi connectivity index (χ0v) is 7.08. The van der Waals surface area contributed by atoms with Crippen LogP contribution in [0.3, 0.4) is 0 Å². The summed E-state index contributed by atoms with van der Waals surface area (Å²) < 4.78 is 0. The van der Waals surface area contributed by atoms with Crippen LogP contribution in [0.15, 0.2) is 12.7 Å². The van der Waals surface area contributed by atoms with Crippen molar-refractivity contribution in [1.29, 1.82) is 5.41 Å². The Morgan fingerprint density at radius 3 is 2.90 bits per heavy atom. The molecule has 0 aliphatic heterocycles. The molecule has 0 radical (unpaired) electrons. The van der Waals surface area contributed by atoms with E-state index in [9.17, 15) is 0 Å². The Bertz CT molecular complexity index is 123. The van der Waals surface area contributed by atoms with Crippen LogP contribution in [0, 0.1) is 5.41 Å². The number of thioether (sulfide) groups is 1. The molecular formula is C7H14N2S. The van der Waals surface area contributed by atoms with Gasteiger partial charge in [0.2, 0.25) is 0 Å². The predicted molar refractivity (Wildman–Crippen MR) is 48.6 cm³/mol. The summed E-state index contributed by atoms with van der Waals surface area (Å²) in [6.07, 6.45) is 2.54. The van der Waals surface area contributed by atoms with Crippen LogP contribution in [0.25, 0.3) is 0 Å². The second-order valence-electron chi connectivity index (χ2n) is 2.16. The van der Waals surface area contributed by atoms with Crippen molar-refractivity contribution in [3.63, 3.8) is 0 Å². The lowest BCUT2D eigenvalue weighted by atomic mass is 10.3. The number of amidine groups is 1. The highest BCUT2D eigenvalue weighted by atomic mass is 32.2. The van der Waals surface area contributed by atoms with E-state index in [1.807, 2.05) is 6.08 Å². The van der Waals surface area contributed by atoms with E-state index < -0.39 is 0 Å². The molecule has 3 N–H and O–H groups in total. The van der Waals surface area contributed by atoms with Gasteiger partial charge in [0, 0.05) is 17.4 Å². The molecule has 2 nitrogen and oxygen atoms in total. The van der Waals surface area contributed by atoms with Crippen molar-refractivity contribution in [2.75, 3.05) is 5.75 Å². The number of hydrogen-bond donors (Lipinski definition) is 2. The molecule has 0 aliphatic rings. The number of nitrogens with two attached hydrogens (primary N) is 1. The molecule has 1 unspecified atom stereocenters. The Morgan fingerprint density at radius 1 is 1.90 bits per heavy atom. The summed E-state index contributed by atoms with van der Waals surface area (Å²) in [4.78, 5) is 0. The van der Waals surface area contributed by atoms with Gasteiger partial charge in [-0.1, -0.05) is 13.0 Å². The van der Waals surface area contributed by atoms with Gasteiger partial charge in [0.1, 0.15) is 0 Å². The summed E-state index contributed by atoms with van der Waals surface area (Å²) >= 11 is 1.77. The summed E-state index contributed by atoms with van der Waals surface area (Å²) in [5, 5.41) is 7.44. The molecule has 0 fully saturated rings. The van der Waals surface area contributed by atoms with Gasteiger partial charge < -0.3 is 5.73 Å².